The van der Waals surface area contributed by atoms with Crippen LogP contribution in [0.4, 0.5) is 4.39 Å². The maximum atomic E-state index is 13.4. The second kappa shape index (κ2) is 4.95. The Balaban J connectivity index is 2.24. The summed E-state index contributed by atoms with van der Waals surface area (Å²) in [4.78, 5) is 0.119. The van der Waals surface area contributed by atoms with Gasteiger partial charge in [0.05, 0.1) is 4.90 Å². The molecule has 1 aliphatic carbocycles. The molecule has 2 N–H and O–H groups in total. The van der Waals surface area contributed by atoms with Gasteiger partial charge in [0, 0.05) is 18.2 Å². The van der Waals surface area contributed by atoms with Crippen molar-refractivity contribution >= 4 is 10.0 Å². The summed E-state index contributed by atoms with van der Waals surface area (Å²) in [6.07, 6.45) is 0.865. The highest BCUT2D eigenvalue weighted by Gasteiger charge is 2.36. The molecule has 2 rings (SSSR count). The highest BCUT2D eigenvalue weighted by Crippen LogP contribution is 2.30. The molecule has 0 heterocycles. The van der Waals surface area contributed by atoms with E-state index in [4.69, 9.17) is 0 Å². The summed E-state index contributed by atoms with van der Waals surface area (Å²) in [7, 11) is -1.85. The first-order valence-corrected chi connectivity index (χ1v) is 7.37. The van der Waals surface area contributed by atoms with Crippen molar-refractivity contribution in [1.29, 1.82) is 0 Å². The second-order valence-corrected chi connectivity index (χ2v) is 6.44. The predicted octanol–water partition coefficient (Wildman–Crippen LogP) is 1.23. The Morgan fingerprint density at radius 2 is 2.11 bits per heavy atom. The molecular formula is C12H17FN2O2S. The fourth-order valence-corrected chi connectivity index (χ4v) is 3.21. The van der Waals surface area contributed by atoms with Crippen LogP contribution in [0.5, 0.6) is 0 Å². The van der Waals surface area contributed by atoms with Gasteiger partial charge in [-0.15, -0.1) is 0 Å². The Morgan fingerprint density at radius 3 is 2.67 bits per heavy atom. The number of benzene rings is 1. The van der Waals surface area contributed by atoms with Crippen LogP contribution in [0.15, 0.2) is 23.1 Å². The first kappa shape index (κ1) is 13.5. The average Bonchev–Trinajstić information content (AvgIpc) is 2.96. The number of sulfonamides is 1. The summed E-state index contributed by atoms with van der Waals surface area (Å²) in [6, 6.07) is 3.88. The standard InChI is InChI=1S/C12H17FN2O2S/c1-8-5-12(8)15-18(16,17)10-3-4-11(13)9(6-10)7-14-2/h3-4,6,8,12,14-15H,5,7H2,1-2H3. The Labute approximate surface area is 107 Å². The van der Waals surface area contributed by atoms with E-state index in [1.807, 2.05) is 6.92 Å². The van der Waals surface area contributed by atoms with Crippen molar-refractivity contribution < 1.29 is 12.8 Å². The Hall–Kier alpha value is -0.980. The highest BCUT2D eigenvalue weighted by molar-refractivity contribution is 7.89. The fraction of sp³-hybridized carbons (Fsp3) is 0.500. The minimum atomic E-state index is -3.53. The van der Waals surface area contributed by atoms with Gasteiger partial charge < -0.3 is 5.32 Å². The quantitative estimate of drug-likeness (QED) is 0.847. The third kappa shape index (κ3) is 2.88. The van der Waals surface area contributed by atoms with Crippen LogP contribution in [0.3, 0.4) is 0 Å². The molecule has 1 saturated carbocycles. The molecule has 1 fully saturated rings. The van der Waals surface area contributed by atoms with Crippen LogP contribution >= 0.6 is 0 Å². The van der Waals surface area contributed by atoms with E-state index < -0.39 is 15.8 Å². The maximum absolute atomic E-state index is 13.4. The van der Waals surface area contributed by atoms with Crippen LogP contribution in [-0.2, 0) is 16.6 Å². The maximum Gasteiger partial charge on any atom is 0.240 e. The summed E-state index contributed by atoms with van der Waals surface area (Å²) in [5.41, 5.74) is 0.351. The molecule has 0 aromatic heterocycles. The zero-order valence-electron chi connectivity index (χ0n) is 10.4. The van der Waals surface area contributed by atoms with E-state index >= 15 is 0 Å². The van der Waals surface area contributed by atoms with Gasteiger partial charge in [-0.3, -0.25) is 0 Å². The molecule has 1 aromatic rings. The normalized spacial score (nSPS) is 23.1. The zero-order chi connectivity index (χ0) is 13.3. The van der Waals surface area contributed by atoms with E-state index in [1.165, 1.54) is 18.2 Å². The van der Waals surface area contributed by atoms with E-state index in [-0.39, 0.29) is 10.9 Å². The number of nitrogens with one attached hydrogen (secondary N) is 2. The van der Waals surface area contributed by atoms with Gasteiger partial charge in [-0.25, -0.2) is 17.5 Å². The molecule has 0 saturated heterocycles. The fourth-order valence-electron chi connectivity index (χ4n) is 1.80. The molecule has 0 bridgehead atoms. The van der Waals surface area contributed by atoms with E-state index in [9.17, 15) is 12.8 Å². The monoisotopic (exact) mass is 272 g/mol. The van der Waals surface area contributed by atoms with Crippen molar-refractivity contribution in [3.8, 4) is 0 Å². The van der Waals surface area contributed by atoms with E-state index in [0.29, 0.717) is 18.0 Å². The molecule has 1 aliphatic rings. The lowest BCUT2D eigenvalue weighted by molar-refractivity contribution is 0.575. The first-order valence-electron chi connectivity index (χ1n) is 5.89. The minimum Gasteiger partial charge on any atom is -0.316 e. The molecule has 18 heavy (non-hydrogen) atoms. The average molecular weight is 272 g/mol. The minimum absolute atomic E-state index is 0.0211. The summed E-state index contributed by atoms with van der Waals surface area (Å²) >= 11 is 0. The van der Waals surface area contributed by atoms with E-state index in [2.05, 4.69) is 10.0 Å². The van der Waals surface area contributed by atoms with Crippen molar-refractivity contribution in [3.05, 3.63) is 29.6 Å². The van der Waals surface area contributed by atoms with Crippen LogP contribution in [0.1, 0.15) is 18.9 Å². The van der Waals surface area contributed by atoms with Crippen LogP contribution < -0.4 is 10.0 Å². The lowest BCUT2D eigenvalue weighted by atomic mass is 10.2. The van der Waals surface area contributed by atoms with Gasteiger partial charge in [-0.2, -0.15) is 0 Å². The highest BCUT2D eigenvalue weighted by atomic mass is 32.2. The summed E-state index contributed by atoms with van der Waals surface area (Å²) < 4.78 is 40.1. The molecule has 0 radical (unpaired) electrons. The van der Waals surface area contributed by atoms with E-state index in [0.717, 1.165) is 6.42 Å². The molecule has 0 spiro atoms. The van der Waals surface area contributed by atoms with Crippen molar-refractivity contribution in [2.45, 2.75) is 30.8 Å². The van der Waals surface area contributed by atoms with E-state index in [1.54, 1.807) is 7.05 Å². The summed E-state index contributed by atoms with van der Waals surface area (Å²) in [5.74, 6) is -0.0138. The molecule has 2 unspecified atom stereocenters. The Bertz CT molecular complexity index is 545. The Kier molecular flexibility index (Phi) is 3.70. The van der Waals surface area contributed by atoms with Gasteiger partial charge in [-0.05, 0) is 37.6 Å². The predicted molar refractivity (Wildman–Crippen MR) is 67.1 cm³/mol. The second-order valence-electron chi connectivity index (χ2n) is 4.72. The van der Waals surface area contributed by atoms with Crippen LogP contribution in [0, 0.1) is 11.7 Å². The Morgan fingerprint density at radius 1 is 1.44 bits per heavy atom. The van der Waals surface area contributed by atoms with Crippen LogP contribution in [0.2, 0.25) is 0 Å². The number of halogens is 1. The number of hydrogen-bond acceptors (Lipinski definition) is 3. The molecule has 6 heteroatoms. The van der Waals surface area contributed by atoms with Crippen LogP contribution in [-0.4, -0.2) is 21.5 Å². The van der Waals surface area contributed by atoms with Crippen LogP contribution in [0.25, 0.3) is 0 Å². The topological polar surface area (TPSA) is 58.2 Å². The van der Waals surface area contributed by atoms with Crippen molar-refractivity contribution in [2.75, 3.05) is 7.05 Å². The number of rotatable bonds is 5. The molecular weight excluding hydrogens is 255 g/mol. The third-order valence-electron chi connectivity index (χ3n) is 3.11. The SMILES string of the molecule is CNCc1cc(S(=O)(=O)NC2CC2C)ccc1F. The van der Waals surface area contributed by atoms with Gasteiger partial charge in [0.1, 0.15) is 5.82 Å². The van der Waals surface area contributed by atoms with Gasteiger partial charge in [0.15, 0.2) is 0 Å². The summed E-state index contributed by atoms with van der Waals surface area (Å²) in [5, 5.41) is 2.81. The van der Waals surface area contributed by atoms with Crippen molar-refractivity contribution in [2.24, 2.45) is 5.92 Å². The first-order chi connectivity index (χ1) is 8.44. The van der Waals surface area contributed by atoms with Gasteiger partial charge in [0.2, 0.25) is 10.0 Å². The van der Waals surface area contributed by atoms with Gasteiger partial charge in [0.25, 0.3) is 0 Å². The molecule has 1 aromatic carbocycles. The van der Waals surface area contributed by atoms with Gasteiger partial charge in [-0.1, -0.05) is 6.92 Å². The molecule has 0 aliphatic heterocycles. The lowest BCUT2D eigenvalue weighted by Gasteiger charge is -2.08. The van der Waals surface area contributed by atoms with Crippen molar-refractivity contribution in [1.82, 2.24) is 10.0 Å². The lowest BCUT2D eigenvalue weighted by Crippen LogP contribution is -2.27. The molecule has 4 nitrogen and oxygen atoms in total. The van der Waals surface area contributed by atoms with Gasteiger partial charge >= 0.3 is 0 Å². The zero-order valence-corrected chi connectivity index (χ0v) is 11.2. The largest absolute Gasteiger partial charge is 0.316 e. The summed E-state index contributed by atoms with van der Waals surface area (Å²) in [6.45, 7) is 2.29. The molecule has 2 atom stereocenters. The molecule has 0 amide bonds. The molecule has 100 valence electrons. The smallest absolute Gasteiger partial charge is 0.240 e. The van der Waals surface area contributed by atoms with Crippen molar-refractivity contribution in [3.63, 3.8) is 0 Å². The number of hydrogen-bond donors (Lipinski definition) is 2. The third-order valence-corrected chi connectivity index (χ3v) is 4.60.